The van der Waals surface area contributed by atoms with Gasteiger partial charge in [-0.05, 0) is 6.42 Å². The quantitative estimate of drug-likeness (QED) is 0.643. The van der Waals surface area contributed by atoms with E-state index in [0.717, 1.165) is 24.4 Å². The molecule has 0 bridgehead atoms. The van der Waals surface area contributed by atoms with Gasteiger partial charge in [-0.15, -0.1) is 11.8 Å². The molecule has 2 N–H and O–H groups in total. The van der Waals surface area contributed by atoms with Crippen LogP contribution in [0.25, 0.3) is 0 Å². The second kappa shape index (κ2) is 9.07. The van der Waals surface area contributed by atoms with Gasteiger partial charge in [0.2, 0.25) is 5.91 Å². The van der Waals surface area contributed by atoms with Crippen molar-refractivity contribution in [1.82, 2.24) is 15.3 Å². The lowest BCUT2D eigenvalue weighted by Crippen LogP contribution is -2.26. The van der Waals surface area contributed by atoms with Crippen LogP contribution in [-0.4, -0.2) is 47.6 Å². The molecule has 0 spiro atoms. The lowest BCUT2D eigenvalue weighted by molar-refractivity contribution is -0.118. The highest BCUT2D eigenvalue weighted by Crippen LogP contribution is 1.98. The van der Waals surface area contributed by atoms with Crippen molar-refractivity contribution >= 4 is 17.7 Å². The Kier molecular flexibility index (Phi) is 7.49. The number of carbonyl (C=O) groups is 1. The number of hydrogen-bond donors (Lipinski definition) is 2. The number of aromatic nitrogens is 2. The highest BCUT2D eigenvalue weighted by atomic mass is 32.2. The molecular formula is C11H19N3O2S. The van der Waals surface area contributed by atoms with E-state index in [-0.39, 0.29) is 5.91 Å². The molecule has 5 nitrogen and oxygen atoms in total. The molecule has 1 rings (SSSR count). The minimum absolute atomic E-state index is 0.0885. The summed E-state index contributed by atoms with van der Waals surface area (Å²) in [6.45, 7) is 1.39. The summed E-state index contributed by atoms with van der Waals surface area (Å²) in [6.07, 6.45) is 5.31. The molecule has 6 heteroatoms. The van der Waals surface area contributed by atoms with Gasteiger partial charge in [0, 0.05) is 38.2 Å². The van der Waals surface area contributed by atoms with Gasteiger partial charge in [-0.3, -0.25) is 4.79 Å². The Hall–Kier alpha value is -1.01. The molecule has 0 aliphatic rings. The van der Waals surface area contributed by atoms with E-state index in [9.17, 15) is 4.79 Å². The Bertz CT molecular complexity index is 304. The van der Waals surface area contributed by atoms with Crippen molar-refractivity contribution in [2.75, 3.05) is 31.8 Å². The minimum atomic E-state index is 0.0885. The van der Waals surface area contributed by atoms with Gasteiger partial charge in [0.15, 0.2) is 0 Å². The maximum absolute atomic E-state index is 11.4. The Balaban J connectivity index is 1.93. The van der Waals surface area contributed by atoms with Crippen molar-refractivity contribution in [1.29, 1.82) is 0 Å². The highest BCUT2D eigenvalue weighted by molar-refractivity contribution is 7.99. The number of amides is 1. The molecule has 0 atom stereocenters. The number of imidazole rings is 1. The largest absolute Gasteiger partial charge is 0.384 e. The van der Waals surface area contributed by atoms with Gasteiger partial charge >= 0.3 is 0 Å². The number of thioether (sulfide) groups is 1. The van der Waals surface area contributed by atoms with E-state index in [1.165, 1.54) is 0 Å². The molecule has 1 amide bonds. The summed E-state index contributed by atoms with van der Waals surface area (Å²) >= 11 is 1.59. The fraction of sp³-hybridized carbons (Fsp3) is 0.636. The first-order chi connectivity index (χ1) is 8.33. The van der Waals surface area contributed by atoms with E-state index < -0.39 is 0 Å². The number of H-pyrrole nitrogens is 1. The second-order valence-corrected chi connectivity index (χ2v) is 4.64. The van der Waals surface area contributed by atoms with Gasteiger partial charge in [-0.1, -0.05) is 0 Å². The van der Waals surface area contributed by atoms with Crippen LogP contribution in [0.15, 0.2) is 12.4 Å². The monoisotopic (exact) mass is 257 g/mol. The predicted molar refractivity (Wildman–Crippen MR) is 69.1 cm³/mol. The van der Waals surface area contributed by atoms with Crippen LogP contribution in [0.3, 0.4) is 0 Å². The molecule has 1 heterocycles. The van der Waals surface area contributed by atoms with Crippen molar-refractivity contribution in [3.05, 3.63) is 18.2 Å². The molecule has 17 heavy (non-hydrogen) atoms. The average Bonchev–Trinajstić information content (AvgIpc) is 2.83. The van der Waals surface area contributed by atoms with Crippen molar-refractivity contribution < 1.29 is 9.53 Å². The third-order valence-electron chi connectivity index (χ3n) is 2.13. The summed E-state index contributed by atoms with van der Waals surface area (Å²) in [5.74, 6) is 2.42. The first-order valence-electron chi connectivity index (χ1n) is 5.64. The van der Waals surface area contributed by atoms with E-state index in [2.05, 4.69) is 15.3 Å². The van der Waals surface area contributed by atoms with Gasteiger partial charge < -0.3 is 15.0 Å². The third-order valence-corrected chi connectivity index (χ3v) is 3.05. The first-order valence-corrected chi connectivity index (χ1v) is 6.80. The summed E-state index contributed by atoms with van der Waals surface area (Å²) in [5, 5.41) is 2.88. The number of aryl methyl sites for hydroxylation is 1. The third kappa shape index (κ3) is 7.01. The molecule has 1 aromatic rings. The van der Waals surface area contributed by atoms with Crippen molar-refractivity contribution in [3.63, 3.8) is 0 Å². The molecular weight excluding hydrogens is 238 g/mol. The summed E-state index contributed by atoms with van der Waals surface area (Å²) in [4.78, 5) is 18.5. The summed E-state index contributed by atoms with van der Waals surface area (Å²) in [7, 11) is 1.66. The predicted octanol–water partition coefficient (Wildman–Crippen LogP) is 0.838. The van der Waals surface area contributed by atoms with Crippen molar-refractivity contribution in [2.45, 2.75) is 12.8 Å². The number of ether oxygens (including phenoxy) is 1. The van der Waals surface area contributed by atoms with E-state index >= 15 is 0 Å². The average molecular weight is 257 g/mol. The number of aromatic amines is 1. The van der Waals surface area contributed by atoms with Crippen LogP contribution in [0.2, 0.25) is 0 Å². The number of methoxy groups -OCH3 is 1. The smallest absolute Gasteiger partial charge is 0.229 e. The van der Waals surface area contributed by atoms with Crippen LogP contribution in [0.4, 0.5) is 0 Å². The van der Waals surface area contributed by atoms with Crippen LogP contribution in [0.5, 0.6) is 0 Å². The molecule has 0 aliphatic carbocycles. The molecule has 1 aromatic heterocycles. The molecule has 0 aromatic carbocycles. The van der Waals surface area contributed by atoms with Crippen LogP contribution < -0.4 is 5.32 Å². The molecule has 96 valence electrons. The van der Waals surface area contributed by atoms with E-state index in [1.54, 1.807) is 31.3 Å². The molecule has 0 saturated carbocycles. The van der Waals surface area contributed by atoms with E-state index in [4.69, 9.17) is 4.74 Å². The van der Waals surface area contributed by atoms with Gasteiger partial charge in [0.05, 0.1) is 12.4 Å². The molecule has 0 unspecified atom stereocenters. The zero-order chi connectivity index (χ0) is 12.3. The van der Waals surface area contributed by atoms with Gasteiger partial charge in [-0.2, -0.15) is 0 Å². The standard InChI is InChI=1S/C11H19N3O2S/c1-16-7-8-17-9-11(15)14-4-2-3-10-12-5-6-13-10/h5-6H,2-4,7-9H2,1H3,(H,12,13)(H,14,15). The molecule has 0 aliphatic heterocycles. The van der Waals surface area contributed by atoms with Gasteiger partial charge in [0.1, 0.15) is 5.82 Å². The van der Waals surface area contributed by atoms with Crippen LogP contribution in [0, 0.1) is 0 Å². The van der Waals surface area contributed by atoms with Crippen molar-refractivity contribution in [2.24, 2.45) is 0 Å². The Labute approximate surface area is 106 Å². The van der Waals surface area contributed by atoms with Crippen molar-refractivity contribution in [3.8, 4) is 0 Å². The molecule has 0 fully saturated rings. The lowest BCUT2D eigenvalue weighted by atomic mass is 10.3. The zero-order valence-electron chi connectivity index (χ0n) is 10.1. The molecule has 0 saturated heterocycles. The number of nitrogens with one attached hydrogen (secondary N) is 2. The van der Waals surface area contributed by atoms with E-state index in [1.807, 2.05) is 0 Å². The Morgan fingerprint density at radius 3 is 3.24 bits per heavy atom. The van der Waals surface area contributed by atoms with Gasteiger partial charge in [-0.25, -0.2) is 4.98 Å². The maximum Gasteiger partial charge on any atom is 0.229 e. The Morgan fingerprint density at radius 1 is 1.65 bits per heavy atom. The first kappa shape index (κ1) is 14.1. The Morgan fingerprint density at radius 2 is 2.53 bits per heavy atom. The number of hydrogen-bond acceptors (Lipinski definition) is 4. The maximum atomic E-state index is 11.4. The second-order valence-electron chi connectivity index (χ2n) is 3.53. The van der Waals surface area contributed by atoms with E-state index in [0.29, 0.717) is 18.9 Å². The van der Waals surface area contributed by atoms with Gasteiger partial charge in [0.25, 0.3) is 0 Å². The number of carbonyl (C=O) groups excluding carboxylic acids is 1. The minimum Gasteiger partial charge on any atom is -0.384 e. The fourth-order valence-electron chi connectivity index (χ4n) is 1.28. The van der Waals surface area contributed by atoms with Crippen LogP contribution in [0.1, 0.15) is 12.2 Å². The summed E-state index contributed by atoms with van der Waals surface area (Å²) < 4.78 is 4.90. The summed E-state index contributed by atoms with van der Waals surface area (Å²) in [6, 6.07) is 0. The molecule has 0 radical (unpaired) electrons. The SMILES string of the molecule is COCCSCC(=O)NCCCc1ncc[nH]1. The fourth-order valence-corrected chi connectivity index (χ4v) is 1.99. The number of nitrogens with zero attached hydrogens (tertiary/aromatic N) is 1. The zero-order valence-corrected chi connectivity index (χ0v) is 10.9. The highest BCUT2D eigenvalue weighted by Gasteiger charge is 2.01. The summed E-state index contributed by atoms with van der Waals surface area (Å²) in [5.41, 5.74) is 0. The number of rotatable bonds is 9. The topological polar surface area (TPSA) is 67.0 Å². The normalized spacial score (nSPS) is 10.4. The lowest BCUT2D eigenvalue weighted by Gasteiger charge is -2.04. The van der Waals surface area contributed by atoms with Crippen LogP contribution >= 0.6 is 11.8 Å². The van der Waals surface area contributed by atoms with Crippen LogP contribution in [-0.2, 0) is 16.0 Å².